The molecule has 1 aromatic carbocycles. The Morgan fingerprint density at radius 2 is 1.95 bits per heavy atom. The van der Waals surface area contributed by atoms with Crippen LogP contribution < -0.4 is 11.3 Å². The number of anilines is 1. The second-order valence-electron chi connectivity index (χ2n) is 4.96. The van der Waals surface area contributed by atoms with E-state index in [0.717, 1.165) is 16.9 Å². The van der Waals surface area contributed by atoms with E-state index in [-0.39, 0.29) is 11.6 Å². The lowest BCUT2D eigenvalue weighted by Crippen LogP contribution is -2.26. The Bertz CT molecular complexity index is 830. The maximum atomic E-state index is 12.6. The first-order valence-electron chi connectivity index (χ1n) is 6.54. The fraction of sp³-hybridized carbons (Fsp3) is 0.188. The molecule has 20 heavy (non-hydrogen) atoms. The molecule has 0 aliphatic heterocycles. The van der Waals surface area contributed by atoms with Crippen molar-refractivity contribution in [2.75, 3.05) is 5.73 Å². The van der Waals surface area contributed by atoms with Crippen LogP contribution >= 0.6 is 0 Å². The van der Waals surface area contributed by atoms with Gasteiger partial charge in [-0.2, -0.15) is 0 Å². The van der Waals surface area contributed by atoms with Crippen LogP contribution in [0.3, 0.4) is 0 Å². The van der Waals surface area contributed by atoms with Crippen molar-refractivity contribution >= 4 is 16.6 Å². The first kappa shape index (κ1) is 12.5. The topological polar surface area (TPSA) is 61.2 Å². The van der Waals surface area contributed by atoms with Crippen molar-refractivity contribution in [3.05, 3.63) is 64.3 Å². The van der Waals surface area contributed by atoms with Gasteiger partial charge in [0, 0.05) is 5.39 Å². The molecule has 2 N–H and O–H groups in total. The summed E-state index contributed by atoms with van der Waals surface area (Å²) < 4.78 is 7.18. The van der Waals surface area contributed by atoms with Gasteiger partial charge >= 0.3 is 0 Å². The fourth-order valence-corrected chi connectivity index (χ4v) is 2.50. The summed E-state index contributed by atoms with van der Waals surface area (Å²) in [5, 5.41) is 1.52. The van der Waals surface area contributed by atoms with E-state index < -0.39 is 0 Å². The summed E-state index contributed by atoms with van der Waals surface area (Å²) in [4.78, 5) is 12.6. The van der Waals surface area contributed by atoms with Crippen molar-refractivity contribution in [2.45, 2.75) is 19.9 Å². The maximum Gasteiger partial charge on any atom is 0.260 e. The number of nitrogens with zero attached hydrogens (tertiary/aromatic N) is 1. The van der Waals surface area contributed by atoms with Gasteiger partial charge in [-0.05, 0) is 43.5 Å². The Labute approximate surface area is 116 Å². The second kappa shape index (κ2) is 4.56. The maximum absolute atomic E-state index is 12.6. The average Bonchev–Trinajstić information content (AvgIpc) is 2.85. The van der Waals surface area contributed by atoms with Gasteiger partial charge < -0.3 is 10.2 Å². The molecule has 3 aromatic rings. The molecule has 4 nitrogen and oxygen atoms in total. The average molecular weight is 268 g/mol. The third-order valence-corrected chi connectivity index (χ3v) is 3.55. The Kier molecular flexibility index (Phi) is 2.86. The molecule has 0 fully saturated rings. The fourth-order valence-electron chi connectivity index (χ4n) is 2.50. The van der Waals surface area contributed by atoms with Crippen LogP contribution in [0.25, 0.3) is 10.8 Å². The third kappa shape index (κ3) is 1.90. The highest BCUT2D eigenvalue weighted by Gasteiger charge is 2.17. The van der Waals surface area contributed by atoms with Crippen molar-refractivity contribution in [1.29, 1.82) is 0 Å². The Morgan fingerprint density at radius 1 is 1.20 bits per heavy atom. The summed E-state index contributed by atoms with van der Waals surface area (Å²) in [5.41, 5.74) is 5.96. The number of nitrogen functional groups attached to an aromatic ring is 1. The van der Waals surface area contributed by atoms with Gasteiger partial charge in [-0.1, -0.05) is 18.2 Å². The number of aryl methyl sites for hydroxylation is 1. The number of furan rings is 1. The van der Waals surface area contributed by atoms with Gasteiger partial charge in [0.05, 0.1) is 6.04 Å². The minimum absolute atomic E-state index is 0.0952. The van der Waals surface area contributed by atoms with Crippen molar-refractivity contribution < 1.29 is 4.42 Å². The zero-order valence-electron chi connectivity index (χ0n) is 11.5. The first-order chi connectivity index (χ1) is 9.58. The molecular formula is C16H16N2O2. The van der Waals surface area contributed by atoms with Crippen molar-refractivity contribution in [2.24, 2.45) is 0 Å². The molecule has 4 heteroatoms. The van der Waals surface area contributed by atoms with Gasteiger partial charge in [0.2, 0.25) is 0 Å². The molecule has 0 saturated carbocycles. The molecule has 0 bridgehead atoms. The Balaban J connectivity index is 2.23. The highest BCUT2D eigenvalue weighted by molar-refractivity contribution is 5.83. The van der Waals surface area contributed by atoms with E-state index in [1.165, 1.54) is 0 Å². The molecule has 0 radical (unpaired) electrons. The highest BCUT2D eigenvalue weighted by atomic mass is 16.3. The quantitative estimate of drug-likeness (QED) is 0.776. The van der Waals surface area contributed by atoms with E-state index in [1.54, 1.807) is 4.57 Å². The predicted molar refractivity (Wildman–Crippen MR) is 79.9 cm³/mol. The zero-order chi connectivity index (χ0) is 14.3. The van der Waals surface area contributed by atoms with E-state index in [2.05, 4.69) is 0 Å². The smallest absolute Gasteiger partial charge is 0.260 e. The molecule has 2 heterocycles. The molecule has 0 spiro atoms. The Morgan fingerprint density at radius 3 is 2.65 bits per heavy atom. The van der Waals surface area contributed by atoms with E-state index in [9.17, 15) is 4.79 Å². The predicted octanol–water partition coefficient (Wildman–Crippen LogP) is 3.09. The van der Waals surface area contributed by atoms with Gasteiger partial charge in [0.25, 0.3) is 5.56 Å². The molecular weight excluding hydrogens is 252 g/mol. The van der Waals surface area contributed by atoms with Gasteiger partial charge in [0.15, 0.2) is 0 Å². The monoisotopic (exact) mass is 268 g/mol. The molecule has 3 rings (SSSR count). The number of hydrogen-bond acceptors (Lipinski definition) is 3. The van der Waals surface area contributed by atoms with Gasteiger partial charge in [-0.25, -0.2) is 0 Å². The molecule has 1 unspecified atom stereocenters. The van der Waals surface area contributed by atoms with Crippen molar-refractivity contribution in [3.8, 4) is 0 Å². The standard InChI is InChI=1S/C16H16N2O2/c1-10-7-8-14(20-10)11(2)18-15(17)9-12-5-3-4-6-13(12)16(18)19/h3-9,11H,17H2,1-2H3. The summed E-state index contributed by atoms with van der Waals surface area (Å²) in [5.74, 6) is 1.99. The van der Waals surface area contributed by atoms with Gasteiger partial charge in [-0.15, -0.1) is 0 Å². The minimum atomic E-state index is -0.235. The normalized spacial score (nSPS) is 12.7. The number of aromatic nitrogens is 1. The lowest BCUT2D eigenvalue weighted by Gasteiger charge is -2.16. The minimum Gasteiger partial charge on any atom is -0.464 e. The molecule has 2 aromatic heterocycles. The number of rotatable bonds is 2. The molecule has 0 amide bonds. The molecule has 102 valence electrons. The number of fused-ring (bicyclic) bond motifs is 1. The zero-order valence-corrected chi connectivity index (χ0v) is 11.5. The molecule has 0 saturated heterocycles. The van der Waals surface area contributed by atoms with Crippen molar-refractivity contribution in [1.82, 2.24) is 4.57 Å². The number of nitrogens with two attached hydrogens (primary N) is 1. The summed E-state index contributed by atoms with van der Waals surface area (Å²) in [6.45, 7) is 3.79. The van der Waals surface area contributed by atoms with Crippen LogP contribution in [0.15, 0.2) is 51.7 Å². The molecule has 0 aliphatic carbocycles. The lowest BCUT2D eigenvalue weighted by molar-refractivity contribution is 0.427. The second-order valence-corrected chi connectivity index (χ2v) is 4.96. The van der Waals surface area contributed by atoms with Gasteiger partial charge in [0.1, 0.15) is 17.3 Å². The van der Waals surface area contributed by atoms with Crippen LogP contribution in [0, 0.1) is 6.92 Å². The lowest BCUT2D eigenvalue weighted by atomic mass is 10.1. The summed E-state index contributed by atoms with van der Waals surface area (Å²) in [6, 6.07) is 12.8. The number of pyridine rings is 1. The third-order valence-electron chi connectivity index (χ3n) is 3.55. The number of hydrogen-bond donors (Lipinski definition) is 1. The first-order valence-corrected chi connectivity index (χ1v) is 6.54. The summed E-state index contributed by atoms with van der Waals surface area (Å²) in [7, 11) is 0. The Hall–Kier alpha value is -2.49. The van der Waals surface area contributed by atoms with E-state index in [0.29, 0.717) is 11.2 Å². The van der Waals surface area contributed by atoms with E-state index in [1.807, 2.05) is 56.3 Å². The van der Waals surface area contributed by atoms with Crippen molar-refractivity contribution in [3.63, 3.8) is 0 Å². The highest BCUT2D eigenvalue weighted by Crippen LogP contribution is 2.23. The van der Waals surface area contributed by atoms with Crippen LogP contribution in [0.2, 0.25) is 0 Å². The summed E-state index contributed by atoms with van der Waals surface area (Å²) in [6.07, 6.45) is 0. The van der Waals surface area contributed by atoms with E-state index >= 15 is 0 Å². The van der Waals surface area contributed by atoms with Crippen LogP contribution in [-0.2, 0) is 0 Å². The molecule has 1 atom stereocenters. The SMILES string of the molecule is Cc1ccc(C(C)n2c(N)cc3ccccc3c2=O)o1. The van der Waals surface area contributed by atoms with Crippen LogP contribution in [0.1, 0.15) is 24.5 Å². The summed E-state index contributed by atoms with van der Waals surface area (Å²) >= 11 is 0. The number of benzene rings is 1. The van der Waals surface area contributed by atoms with Gasteiger partial charge in [-0.3, -0.25) is 9.36 Å². The van der Waals surface area contributed by atoms with Crippen LogP contribution in [0.4, 0.5) is 5.82 Å². The largest absolute Gasteiger partial charge is 0.464 e. The molecule has 0 aliphatic rings. The van der Waals surface area contributed by atoms with Crippen LogP contribution in [-0.4, -0.2) is 4.57 Å². The van der Waals surface area contributed by atoms with Crippen LogP contribution in [0.5, 0.6) is 0 Å². The van der Waals surface area contributed by atoms with E-state index in [4.69, 9.17) is 10.2 Å².